The van der Waals surface area contributed by atoms with E-state index in [4.69, 9.17) is 18.9 Å². The first-order chi connectivity index (χ1) is 15.8. The molecule has 0 bridgehead atoms. The molecule has 33 heavy (non-hydrogen) atoms. The number of carbonyl (C=O) groups is 2. The summed E-state index contributed by atoms with van der Waals surface area (Å²) in [6.45, 7) is 1.02. The molecule has 0 amide bonds. The predicted octanol–water partition coefficient (Wildman–Crippen LogP) is 1.34. The third-order valence-corrected chi connectivity index (χ3v) is 5.08. The fourth-order valence-corrected chi connectivity index (χ4v) is 3.20. The smallest absolute Gasteiger partial charge is 0.330 e. The molecule has 2 aromatic rings. The Bertz CT molecular complexity index is 989. The molecule has 1 aliphatic rings. The van der Waals surface area contributed by atoms with E-state index in [9.17, 15) is 24.9 Å². The lowest BCUT2D eigenvalue weighted by Gasteiger charge is -2.40. The molecule has 0 aromatic heterocycles. The number of rotatable bonds is 8. The summed E-state index contributed by atoms with van der Waals surface area (Å²) in [6.07, 6.45) is -4.49. The quantitative estimate of drug-likeness (QED) is 0.305. The highest BCUT2D eigenvalue weighted by molar-refractivity contribution is 5.94. The van der Waals surface area contributed by atoms with Gasteiger partial charge in [0.15, 0.2) is 17.3 Å². The fourth-order valence-electron chi connectivity index (χ4n) is 3.20. The summed E-state index contributed by atoms with van der Waals surface area (Å²) in [4.78, 5) is 23.6. The van der Waals surface area contributed by atoms with Crippen molar-refractivity contribution in [3.8, 4) is 11.5 Å². The Morgan fingerprint density at radius 2 is 1.73 bits per heavy atom. The van der Waals surface area contributed by atoms with Crippen LogP contribution in [0.2, 0.25) is 0 Å². The zero-order valence-electron chi connectivity index (χ0n) is 18.2. The highest BCUT2D eigenvalue weighted by Crippen LogP contribution is 2.32. The number of carbonyl (C=O) groups excluding carboxylic acids is 2. The van der Waals surface area contributed by atoms with Crippen molar-refractivity contribution in [2.45, 2.75) is 37.6 Å². The first-order valence-corrected chi connectivity index (χ1v) is 10.3. The van der Waals surface area contributed by atoms with Crippen molar-refractivity contribution in [2.24, 2.45) is 0 Å². The molecule has 3 N–H and O–H groups in total. The Morgan fingerprint density at radius 1 is 1.00 bits per heavy atom. The number of aliphatic hydroxyl groups is 3. The lowest BCUT2D eigenvalue weighted by molar-refractivity contribution is -0.278. The van der Waals surface area contributed by atoms with Gasteiger partial charge in [-0.15, -0.1) is 0 Å². The van der Waals surface area contributed by atoms with Crippen LogP contribution in [0.1, 0.15) is 22.8 Å². The summed E-state index contributed by atoms with van der Waals surface area (Å²) in [7, 11) is 1.38. The minimum atomic E-state index is -1.62. The summed E-state index contributed by atoms with van der Waals surface area (Å²) in [5, 5.41) is 30.8. The Balaban J connectivity index is 1.65. The molecule has 1 saturated heterocycles. The summed E-state index contributed by atoms with van der Waals surface area (Å²) >= 11 is 0. The Hall–Kier alpha value is -3.24. The average molecular weight is 458 g/mol. The maximum atomic E-state index is 12.0. The van der Waals surface area contributed by atoms with Crippen LogP contribution in [-0.2, 0) is 14.3 Å². The maximum Gasteiger partial charge on any atom is 0.330 e. The Morgan fingerprint density at radius 3 is 2.39 bits per heavy atom. The van der Waals surface area contributed by atoms with E-state index in [0.717, 1.165) is 5.56 Å². The van der Waals surface area contributed by atoms with E-state index < -0.39 is 36.7 Å². The van der Waals surface area contributed by atoms with Crippen molar-refractivity contribution in [3.05, 3.63) is 65.7 Å². The zero-order chi connectivity index (χ0) is 24.0. The van der Waals surface area contributed by atoms with Crippen LogP contribution in [0, 0.1) is 0 Å². The number of esters is 1. The second-order valence-corrected chi connectivity index (χ2v) is 7.43. The highest BCUT2D eigenvalue weighted by atomic mass is 16.7. The molecule has 0 unspecified atom stereocenters. The van der Waals surface area contributed by atoms with Gasteiger partial charge in [0.05, 0.1) is 7.11 Å². The molecule has 1 aliphatic heterocycles. The minimum absolute atomic E-state index is 0.150. The molecule has 9 heteroatoms. The molecule has 0 aliphatic carbocycles. The van der Waals surface area contributed by atoms with E-state index in [-0.39, 0.29) is 23.9 Å². The van der Waals surface area contributed by atoms with E-state index >= 15 is 0 Å². The molecule has 176 valence electrons. The van der Waals surface area contributed by atoms with Crippen LogP contribution in [-0.4, -0.2) is 71.5 Å². The Labute approximate surface area is 190 Å². The van der Waals surface area contributed by atoms with E-state index in [1.54, 1.807) is 6.08 Å². The van der Waals surface area contributed by atoms with Gasteiger partial charge in [-0.05, 0) is 36.8 Å². The van der Waals surface area contributed by atoms with Gasteiger partial charge in [0.25, 0.3) is 0 Å². The van der Waals surface area contributed by atoms with Gasteiger partial charge >= 0.3 is 5.97 Å². The van der Waals surface area contributed by atoms with Crippen LogP contribution in [0.25, 0.3) is 6.08 Å². The normalized spacial score (nSPS) is 24.9. The van der Waals surface area contributed by atoms with Gasteiger partial charge in [-0.1, -0.05) is 30.3 Å². The molecule has 5 atom stereocenters. The van der Waals surface area contributed by atoms with Gasteiger partial charge in [-0.2, -0.15) is 0 Å². The summed E-state index contributed by atoms with van der Waals surface area (Å²) in [6, 6.07) is 13.6. The van der Waals surface area contributed by atoms with Crippen molar-refractivity contribution in [1.82, 2.24) is 0 Å². The van der Waals surface area contributed by atoms with Crippen LogP contribution in [0.4, 0.5) is 0 Å². The largest absolute Gasteiger partial charge is 0.493 e. The molecular weight excluding hydrogens is 432 g/mol. The van der Waals surface area contributed by atoms with Gasteiger partial charge in [0.1, 0.15) is 31.0 Å². The number of aliphatic hydroxyl groups excluding tert-OH is 3. The van der Waals surface area contributed by atoms with E-state index in [1.165, 1.54) is 38.3 Å². The molecule has 9 nitrogen and oxygen atoms in total. The summed E-state index contributed by atoms with van der Waals surface area (Å²) in [5.41, 5.74) is 1.20. The minimum Gasteiger partial charge on any atom is -0.493 e. The maximum absolute atomic E-state index is 12.0. The van der Waals surface area contributed by atoms with Crippen molar-refractivity contribution >= 4 is 17.8 Å². The standard InChI is InChI=1S/C24H26O9/c1-14(25)16-9-10-17(18(12-16)30-2)32-24-23(29)22(28)21(27)19(33-24)13-31-20(26)11-8-15-6-4-3-5-7-15/h3-12,19,21-24,27-29H,13H2,1-2H3/b11-8+/t19-,21-,22+,23-,24-/m1/s1. The zero-order valence-corrected chi connectivity index (χ0v) is 18.2. The SMILES string of the molecule is COc1cc(C(C)=O)ccc1O[C@@H]1O[C@H](COC(=O)/C=C/c2ccccc2)[C@@H](O)[C@H](O)[C@H]1O. The average Bonchev–Trinajstić information content (AvgIpc) is 2.82. The summed E-state index contributed by atoms with van der Waals surface area (Å²) < 4.78 is 21.6. The topological polar surface area (TPSA) is 132 Å². The monoisotopic (exact) mass is 458 g/mol. The van der Waals surface area contributed by atoms with Gasteiger partial charge in [-0.25, -0.2) is 4.79 Å². The number of ether oxygens (including phenoxy) is 4. The van der Waals surface area contributed by atoms with E-state index in [1.807, 2.05) is 30.3 Å². The highest BCUT2D eigenvalue weighted by Gasteiger charge is 2.45. The van der Waals surface area contributed by atoms with Crippen molar-refractivity contribution in [1.29, 1.82) is 0 Å². The number of ketones is 1. The van der Waals surface area contributed by atoms with Crippen LogP contribution in [0.15, 0.2) is 54.6 Å². The third-order valence-electron chi connectivity index (χ3n) is 5.08. The van der Waals surface area contributed by atoms with Crippen LogP contribution >= 0.6 is 0 Å². The number of hydrogen-bond acceptors (Lipinski definition) is 9. The van der Waals surface area contributed by atoms with E-state index in [2.05, 4.69) is 0 Å². The number of hydrogen-bond donors (Lipinski definition) is 3. The Kier molecular flexibility index (Phi) is 8.18. The fraction of sp³-hybridized carbons (Fsp3) is 0.333. The second-order valence-electron chi connectivity index (χ2n) is 7.43. The molecule has 1 heterocycles. The van der Waals surface area contributed by atoms with Crippen LogP contribution < -0.4 is 9.47 Å². The third kappa shape index (κ3) is 6.17. The van der Waals surface area contributed by atoms with Crippen LogP contribution in [0.3, 0.4) is 0 Å². The van der Waals surface area contributed by atoms with Gasteiger partial charge < -0.3 is 34.3 Å². The second kappa shape index (κ2) is 11.1. The molecule has 0 spiro atoms. The molecule has 1 fully saturated rings. The molecule has 2 aromatic carbocycles. The lowest BCUT2D eigenvalue weighted by Crippen LogP contribution is -2.60. The lowest BCUT2D eigenvalue weighted by atomic mass is 9.99. The molecule has 0 radical (unpaired) electrons. The van der Waals surface area contributed by atoms with Gasteiger partial charge in [-0.3, -0.25) is 4.79 Å². The van der Waals surface area contributed by atoms with Crippen molar-refractivity contribution in [3.63, 3.8) is 0 Å². The predicted molar refractivity (Wildman–Crippen MR) is 117 cm³/mol. The molecular formula is C24H26O9. The first-order valence-electron chi connectivity index (χ1n) is 10.3. The number of benzene rings is 2. The van der Waals surface area contributed by atoms with Crippen molar-refractivity contribution in [2.75, 3.05) is 13.7 Å². The number of methoxy groups -OCH3 is 1. The molecule has 0 saturated carbocycles. The summed E-state index contributed by atoms with van der Waals surface area (Å²) in [5.74, 6) is -0.477. The number of Topliss-reactive ketones (excluding diaryl/α,β-unsaturated/α-hetero) is 1. The first kappa shape index (κ1) is 24.4. The van der Waals surface area contributed by atoms with Crippen molar-refractivity contribution < 1.29 is 43.9 Å². The van der Waals surface area contributed by atoms with Gasteiger partial charge in [0.2, 0.25) is 6.29 Å². The molecule has 3 rings (SSSR count). The van der Waals surface area contributed by atoms with Crippen LogP contribution in [0.5, 0.6) is 11.5 Å². The van der Waals surface area contributed by atoms with Gasteiger partial charge in [0, 0.05) is 11.6 Å². The van der Waals surface area contributed by atoms with E-state index in [0.29, 0.717) is 5.56 Å².